The van der Waals surface area contributed by atoms with Crippen molar-refractivity contribution in [2.24, 2.45) is 0 Å². The van der Waals surface area contributed by atoms with E-state index in [1.54, 1.807) is 18.2 Å². The molecule has 1 aromatic carbocycles. The second-order valence-electron chi connectivity index (χ2n) is 3.22. The summed E-state index contributed by atoms with van der Waals surface area (Å²) in [6.45, 7) is 1.12. The second kappa shape index (κ2) is 5.06. The van der Waals surface area contributed by atoms with Crippen LogP contribution in [0.3, 0.4) is 0 Å². The number of rotatable bonds is 4. The van der Waals surface area contributed by atoms with E-state index in [9.17, 15) is 14.4 Å². The first-order valence-electron chi connectivity index (χ1n) is 4.61. The molecule has 16 heavy (non-hydrogen) atoms. The van der Waals surface area contributed by atoms with Crippen LogP contribution in [-0.2, 0) is 9.59 Å². The van der Waals surface area contributed by atoms with E-state index < -0.39 is 23.7 Å². The van der Waals surface area contributed by atoms with E-state index in [2.05, 4.69) is 5.32 Å². The number of Topliss-reactive ketones (excluding diaryl/α,β-unsaturated/α-hetero) is 1. The fourth-order valence-corrected chi connectivity index (χ4v) is 1.14. The highest BCUT2D eigenvalue weighted by Crippen LogP contribution is 1.99. The van der Waals surface area contributed by atoms with Crippen LogP contribution in [0.1, 0.15) is 17.3 Å². The van der Waals surface area contributed by atoms with Crippen LogP contribution in [0.4, 0.5) is 0 Å². The zero-order valence-corrected chi connectivity index (χ0v) is 8.64. The molecule has 1 amide bonds. The van der Waals surface area contributed by atoms with Gasteiger partial charge in [0.2, 0.25) is 0 Å². The molecule has 1 rings (SSSR count). The number of carbonyl (C=O) groups excluding carboxylic acids is 2. The molecule has 84 valence electrons. The number of carboxylic acid groups (broad SMARTS) is 1. The van der Waals surface area contributed by atoms with Gasteiger partial charge in [-0.3, -0.25) is 9.59 Å². The number of aliphatic carboxylic acids is 1. The van der Waals surface area contributed by atoms with Gasteiger partial charge in [-0.25, -0.2) is 4.79 Å². The third-order valence-electron chi connectivity index (χ3n) is 1.96. The highest BCUT2D eigenvalue weighted by atomic mass is 16.4. The Balaban J connectivity index is 2.77. The number of benzene rings is 1. The second-order valence-corrected chi connectivity index (χ2v) is 3.22. The van der Waals surface area contributed by atoms with Gasteiger partial charge in [0.15, 0.2) is 11.8 Å². The molecule has 1 unspecified atom stereocenters. The topological polar surface area (TPSA) is 83.5 Å². The van der Waals surface area contributed by atoms with Gasteiger partial charge >= 0.3 is 5.97 Å². The van der Waals surface area contributed by atoms with Crippen molar-refractivity contribution in [3.63, 3.8) is 0 Å². The van der Waals surface area contributed by atoms with Crippen LogP contribution in [0.15, 0.2) is 30.3 Å². The Labute approximate surface area is 92.1 Å². The summed E-state index contributed by atoms with van der Waals surface area (Å²) in [5.74, 6) is -2.56. The summed E-state index contributed by atoms with van der Waals surface area (Å²) in [6, 6.07) is 6.61. The molecule has 0 fully saturated rings. The summed E-state index contributed by atoms with van der Waals surface area (Å²) in [4.78, 5) is 33.2. The first-order valence-corrected chi connectivity index (χ1v) is 4.61. The normalized spacial score (nSPS) is 11.6. The Bertz CT molecular complexity index is 399. The standard InChI is InChI=1S/C11H11NO4/c1-7(13)9(11(15)16)12-10(14)8-5-3-2-4-6-8/h2-6,9H,1H3,(H,12,14)(H,15,16). The van der Waals surface area contributed by atoms with E-state index in [0.717, 1.165) is 6.92 Å². The van der Waals surface area contributed by atoms with E-state index in [1.807, 2.05) is 0 Å². The van der Waals surface area contributed by atoms with Crippen molar-refractivity contribution in [2.75, 3.05) is 0 Å². The number of hydrogen-bond donors (Lipinski definition) is 2. The van der Waals surface area contributed by atoms with Crippen LogP contribution in [0.2, 0.25) is 0 Å². The SMILES string of the molecule is CC(=O)C(NC(=O)c1ccccc1)C(=O)O. The average molecular weight is 221 g/mol. The van der Waals surface area contributed by atoms with Gasteiger partial charge in [0.05, 0.1) is 0 Å². The Morgan fingerprint density at radius 2 is 1.75 bits per heavy atom. The number of amides is 1. The lowest BCUT2D eigenvalue weighted by Gasteiger charge is -2.10. The monoisotopic (exact) mass is 221 g/mol. The van der Waals surface area contributed by atoms with Crippen molar-refractivity contribution in [1.29, 1.82) is 0 Å². The van der Waals surface area contributed by atoms with Gasteiger partial charge in [-0.1, -0.05) is 18.2 Å². The predicted molar refractivity (Wildman–Crippen MR) is 56.0 cm³/mol. The summed E-state index contributed by atoms with van der Waals surface area (Å²) in [6.07, 6.45) is 0. The lowest BCUT2D eigenvalue weighted by Crippen LogP contribution is -2.45. The van der Waals surface area contributed by atoms with E-state index in [4.69, 9.17) is 5.11 Å². The highest BCUT2D eigenvalue weighted by molar-refractivity contribution is 6.06. The van der Waals surface area contributed by atoms with Crippen LogP contribution in [0, 0.1) is 0 Å². The van der Waals surface area contributed by atoms with Gasteiger partial charge in [0.25, 0.3) is 5.91 Å². The van der Waals surface area contributed by atoms with Crippen molar-refractivity contribution in [3.05, 3.63) is 35.9 Å². The number of carboxylic acids is 1. The minimum Gasteiger partial charge on any atom is -0.479 e. The van der Waals surface area contributed by atoms with Crippen molar-refractivity contribution >= 4 is 17.7 Å². The molecule has 0 aromatic heterocycles. The molecule has 2 N–H and O–H groups in total. The maximum absolute atomic E-state index is 11.5. The number of ketones is 1. The van der Waals surface area contributed by atoms with Gasteiger partial charge < -0.3 is 10.4 Å². The third kappa shape index (κ3) is 2.91. The minimum atomic E-state index is -1.49. The minimum absolute atomic E-state index is 0.315. The maximum atomic E-state index is 11.5. The number of nitrogens with one attached hydrogen (secondary N) is 1. The first-order chi connectivity index (χ1) is 7.52. The summed E-state index contributed by atoms with van der Waals surface area (Å²) in [7, 11) is 0. The van der Waals surface area contributed by atoms with E-state index in [0.29, 0.717) is 5.56 Å². The molecule has 0 aliphatic carbocycles. The van der Waals surface area contributed by atoms with Gasteiger partial charge in [0, 0.05) is 5.56 Å². The maximum Gasteiger partial charge on any atom is 0.334 e. The van der Waals surface area contributed by atoms with E-state index in [1.165, 1.54) is 12.1 Å². The molecule has 0 saturated heterocycles. The quantitative estimate of drug-likeness (QED) is 0.723. The molecule has 5 heteroatoms. The summed E-state index contributed by atoms with van der Waals surface area (Å²) < 4.78 is 0. The number of hydrogen-bond acceptors (Lipinski definition) is 3. The highest BCUT2D eigenvalue weighted by Gasteiger charge is 2.24. The van der Waals surface area contributed by atoms with Crippen molar-refractivity contribution in [1.82, 2.24) is 5.32 Å². The van der Waals surface area contributed by atoms with Crippen molar-refractivity contribution < 1.29 is 19.5 Å². The van der Waals surface area contributed by atoms with Crippen LogP contribution in [0.5, 0.6) is 0 Å². The van der Waals surface area contributed by atoms with Gasteiger partial charge in [0.1, 0.15) is 0 Å². The molecule has 1 atom stereocenters. The molecule has 1 aromatic rings. The molecule has 0 heterocycles. The van der Waals surface area contributed by atoms with E-state index >= 15 is 0 Å². The largest absolute Gasteiger partial charge is 0.479 e. The molecule has 0 spiro atoms. The van der Waals surface area contributed by atoms with Crippen molar-refractivity contribution in [2.45, 2.75) is 13.0 Å². The van der Waals surface area contributed by atoms with Crippen molar-refractivity contribution in [3.8, 4) is 0 Å². The Hall–Kier alpha value is -2.17. The fourth-order valence-electron chi connectivity index (χ4n) is 1.14. The summed E-state index contributed by atoms with van der Waals surface area (Å²) in [5.41, 5.74) is 0.315. The molecular weight excluding hydrogens is 210 g/mol. The predicted octanol–water partition coefficient (Wildman–Crippen LogP) is 0.459. The zero-order valence-electron chi connectivity index (χ0n) is 8.64. The van der Waals surface area contributed by atoms with Crippen LogP contribution in [-0.4, -0.2) is 28.8 Å². The van der Waals surface area contributed by atoms with Gasteiger partial charge in [-0.05, 0) is 19.1 Å². The molecule has 0 aliphatic rings. The Morgan fingerprint density at radius 1 is 1.19 bits per heavy atom. The average Bonchev–Trinajstić information content (AvgIpc) is 2.25. The van der Waals surface area contributed by atoms with Crippen LogP contribution < -0.4 is 5.32 Å². The summed E-state index contributed by atoms with van der Waals surface area (Å²) in [5, 5.41) is 10.8. The van der Waals surface area contributed by atoms with Gasteiger partial charge in [-0.15, -0.1) is 0 Å². The lowest BCUT2D eigenvalue weighted by molar-refractivity contribution is -0.142. The molecule has 0 aliphatic heterocycles. The Kier molecular flexibility index (Phi) is 3.77. The number of carbonyl (C=O) groups is 3. The van der Waals surface area contributed by atoms with Crippen LogP contribution in [0.25, 0.3) is 0 Å². The van der Waals surface area contributed by atoms with E-state index in [-0.39, 0.29) is 0 Å². The van der Waals surface area contributed by atoms with Crippen LogP contribution >= 0.6 is 0 Å². The zero-order chi connectivity index (χ0) is 12.1. The Morgan fingerprint density at radius 3 is 2.19 bits per heavy atom. The lowest BCUT2D eigenvalue weighted by atomic mass is 10.1. The first kappa shape index (κ1) is 11.9. The summed E-state index contributed by atoms with van der Waals surface area (Å²) >= 11 is 0. The molecule has 0 saturated carbocycles. The van der Waals surface area contributed by atoms with Gasteiger partial charge in [-0.2, -0.15) is 0 Å². The fraction of sp³-hybridized carbons (Fsp3) is 0.182. The smallest absolute Gasteiger partial charge is 0.334 e. The molecule has 0 radical (unpaired) electrons. The molecule has 5 nitrogen and oxygen atoms in total. The molecule has 0 bridgehead atoms. The third-order valence-corrected chi connectivity index (χ3v) is 1.96. The molecular formula is C11H11NO4.